The molecule has 0 spiro atoms. The first-order chi connectivity index (χ1) is 16.4. The van der Waals surface area contributed by atoms with Gasteiger partial charge < -0.3 is 15.5 Å². The van der Waals surface area contributed by atoms with E-state index in [-0.39, 0.29) is 16.7 Å². The molecule has 1 saturated heterocycles. The smallest absolute Gasteiger partial charge is 0.355 e. The highest BCUT2D eigenvalue weighted by atomic mass is 32.2. The number of sulfonamides is 1. The zero-order chi connectivity index (χ0) is 23.7. The molecule has 4 N–H and O–H groups in total. The first-order valence-electron chi connectivity index (χ1n) is 11.1. The van der Waals surface area contributed by atoms with E-state index in [9.17, 15) is 13.2 Å². The number of nitrogens with zero attached hydrogens (tertiary/aromatic N) is 2. The summed E-state index contributed by atoms with van der Waals surface area (Å²) in [7, 11) is -3.60. The molecule has 4 aromatic rings. The van der Waals surface area contributed by atoms with Crippen molar-refractivity contribution in [1.82, 2.24) is 19.6 Å². The molecule has 0 saturated carbocycles. The molecule has 1 aliphatic heterocycles. The van der Waals surface area contributed by atoms with Gasteiger partial charge in [0.25, 0.3) is 0 Å². The largest absolute Gasteiger partial charge is 0.437 e. The highest BCUT2D eigenvalue weighted by Gasteiger charge is 2.22. The molecular weight excluding hydrogens is 454 g/mol. The van der Waals surface area contributed by atoms with E-state index in [0.717, 1.165) is 31.5 Å². The monoisotopic (exact) mass is 479 g/mol. The van der Waals surface area contributed by atoms with Gasteiger partial charge in [0.15, 0.2) is 0 Å². The summed E-state index contributed by atoms with van der Waals surface area (Å²) in [5.74, 6) is 0.494. The summed E-state index contributed by atoms with van der Waals surface area (Å²) in [6.07, 6.45) is 3.21. The van der Waals surface area contributed by atoms with E-state index < -0.39 is 15.7 Å². The van der Waals surface area contributed by atoms with Crippen LogP contribution in [0.2, 0.25) is 0 Å². The Morgan fingerprint density at radius 1 is 1.09 bits per heavy atom. The molecule has 9 nitrogen and oxygen atoms in total. The quantitative estimate of drug-likeness (QED) is 0.386. The van der Waals surface area contributed by atoms with Crippen LogP contribution < -0.4 is 21.5 Å². The van der Waals surface area contributed by atoms with Crippen LogP contribution in [0.4, 0.5) is 0 Å². The number of hydrogen-bond acceptors (Lipinski definition) is 7. The van der Waals surface area contributed by atoms with Gasteiger partial charge in [-0.3, -0.25) is 4.57 Å². The van der Waals surface area contributed by atoms with E-state index in [2.05, 4.69) is 15.0 Å². The summed E-state index contributed by atoms with van der Waals surface area (Å²) in [6, 6.07) is 15.6. The number of nitrogens with one attached hydrogen (secondary N) is 2. The zero-order valence-corrected chi connectivity index (χ0v) is 19.2. The predicted molar refractivity (Wildman–Crippen MR) is 129 cm³/mol. The number of benzene rings is 2. The fourth-order valence-electron chi connectivity index (χ4n) is 4.06. The first-order valence-corrected chi connectivity index (χ1v) is 12.6. The standard InChI is InChI=1S/C24H25N5O4S/c25-14-16-1-5-20(6-2-16)29-15-18-13-22(33-23(18)27-24(29)30)17-3-7-21(8-4-17)34(31,32)28-19-9-11-26-12-10-19/h1-8,13,15,19,26,28H,9-12,14,25H2. The number of piperidine rings is 1. The average molecular weight is 480 g/mol. The van der Waals surface area contributed by atoms with Crippen LogP contribution in [0.3, 0.4) is 0 Å². The summed E-state index contributed by atoms with van der Waals surface area (Å²) in [5, 5.41) is 3.88. The van der Waals surface area contributed by atoms with Crippen molar-refractivity contribution < 1.29 is 12.8 Å². The first kappa shape index (κ1) is 22.5. The summed E-state index contributed by atoms with van der Waals surface area (Å²) >= 11 is 0. The Hall–Kier alpha value is -3.31. The number of rotatable bonds is 6. The molecule has 0 unspecified atom stereocenters. The number of hydrogen-bond donors (Lipinski definition) is 3. The van der Waals surface area contributed by atoms with Gasteiger partial charge in [0, 0.05) is 24.3 Å². The fraction of sp³-hybridized carbons (Fsp3) is 0.250. The van der Waals surface area contributed by atoms with Crippen molar-refractivity contribution >= 4 is 21.1 Å². The van der Waals surface area contributed by atoms with E-state index in [1.807, 2.05) is 24.3 Å². The normalized spacial score (nSPS) is 15.1. The Labute approximate surface area is 196 Å². The molecule has 5 rings (SSSR count). The van der Waals surface area contributed by atoms with Crippen LogP contribution in [0, 0.1) is 0 Å². The molecule has 2 aromatic carbocycles. The molecule has 10 heteroatoms. The Morgan fingerprint density at radius 2 is 1.79 bits per heavy atom. The van der Waals surface area contributed by atoms with Crippen molar-refractivity contribution in [2.75, 3.05) is 13.1 Å². The van der Waals surface area contributed by atoms with E-state index >= 15 is 0 Å². The van der Waals surface area contributed by atoms with Gasteiger partial charge in [0.1, 0.15) is 5.76 Å². The Bertz CT molecular complexity index is 1470. The Kier molecular flexibility index (Phi) is 6.05. The van der Waals surface area contributed by atoms with Crippen LogP contribution in [0.5, 0.6) is 0 Å². The van der Waals surface area contributed by atoms with Gasteiger partial charge in [0.2, 0.25) is 15.7 Å². The van der Waals surface area contributed by atoms with E-state index in [1.54, 1.807) is 36.5 Å². The highest BCUT2D eigenvalue weighted by molar-refractivity contribution is 7.89. The minimum absolute atomic E-state index is 0.0631. The summed E-state index contributed by atoms with van der Waals surface area (Å²) < 4.78 is 35.5. The summed E-state index contributed by atoms with van der Waals surface area (Å²) in [4.78, 5) is 16.8. The van der Waals surface area contributed by atoms with Crippen LogP contribution >= 0.6 is 0 Å². The van der Waals surface area contributed by atoms with Gasteiger partial charge >= 0.3 is 5.69 Å². The Balaban J connectivity index is 1.41. The molecule has 3 heterocycles. The van der Waals surface area contributed by atoms with Gasteiger partial charge in [-0.05, 0) is 74.0 Å². The maximum atomic E-state index is 12.7. The van der Waals surface area contributed by atoms with Crippen molar-refractivity contribution in [2.45, 2.75) is 30.3 Å². The second-order valence-electron chi connectivity index (χ2n) is 8.31. The zero-order valence-electron chi connectivity index (χ0n) is 18.4. The molecule has 176 valence electrons. The topological polar surface area (TPSA) is 132 Å². The lowest BCUT2D eigenvalue weighted by Crippen LogP contribution is -2.42. The van der Waals surface area contributed by atoms with Crippen LogP contribution in [0.15, 0.2) is 74.9 Å². The summed E-state index contributed by atoms with van der Waals surface area (Å²) in [6.45, 7) is 2.03. The average Bonchev–Trinajstić information content (AvgIpc) is 3.27. The van der Waals surface area contributed by atoms with Crippen molar-refractivity contribution in [1.29, 1.82) is 0 Å². The molecule has 0 aliphatic carbocycles. The second kappa shape index (κ2) is 9.15. The third kappa shape index (κ3) is 4.53. The lowest BCUT2D eigenvalue weighted by atomic mass is 10.1. The molecule has 1 fully saturated rings. The Morgan fingerprint density at radius 3 is 2.47 bits per heavy atom. The van der Waals surface area contributed by atoms with Gasteiger partial charge in [-0.1, -0.05) is 12.1 Å². The third-order valence-electron chi connectivity index (χ3n) is 5.97. The van der Waals surface area contributed by atoms with Crippen molar-refractivity contribution in [2.24, 2.45) is 5.73 Å². The molecule has 34 heavy (non-hydrogen) atoms. The van der Waals surface area contributed by atoms with E-state index in [1.165, 1.54) is 4.57 Å². The molecule has 0 radical (unpaired) electrons. The minimum Gasteiger partial charge on any atom is -0.437 e. The predicted octanol–water partition coefficient (Wildman–Crippen LogP) is 2.13. The molecular formula is C24H25N5O4S. The van der Waals surface area contributed by atoms with Crippen molar-refractivity contribution in [3.05, 3.63) is 76.8 Å². The van der Waals surface area contributed by atoms with Crippen molar-refractivity contribution in [3.63, 3.8) is 0 Å². The maximum absolute atomic E-state index is 12.7. The number of aromatic nitrogens is 2. The molecule has 2 aromatic heterocycles. The van der Waals surface area contributed by atoms with Gasteiger partial charge in [-0.25, -0.2) is 17.9 Å². The van der Waals surface area contributed by atoms with Gasteiger partial charge in [-0.15, -0.1) is 0 Å². The summed E-state index contributed by atoms with van der Waals surface area (Å²) in [5.41, 5.74) is 7.73. The molecule has 0 bridgehead atoms. The van der Waals surface area contributed by atoms with Crippen LogP contribution in [-0.4, -0.2) is 37.1 Å². The fourth-order valence-corrected chi connectivity index (χ4v) is 5.36. The van der Waals surface area contributed by atoms with Gasteiger partial charge in [0.05, 0.1) is 16.0 Å². The van der Waals surface area contributed by atoms with Crippen LogP contribution in [0.25, 0.3) is 28.1 Å². The lowest BCUT2D eigenvalue weighted by Gasteiger charge is -2.23. The van der Waals surface area contributed by atoms with Crippen LogP contribution in [0.1, 0.15) is 18.4 Å². The molecule has 1 aliphatic rings. The molecule has 0 atom stereocenters. The van der Waals surface area contributed by atoms with E-state index in [0.29, 0.717) is 28.9 Å². The minimum atomic E-state index is -3.60. The number of furan rings is 1. The SMILES string of the molecule is NCc1ccc(-n2cc3cc(-c4ccc(S(=O)(=O)NC5CCNCC5)cc4)oc3nc2=O)cc1. The van der Waals surface area contributed by atoms with Gasteiger partial charge in [-0.2, -0.15) is 4.98 Å². The number of fused-ring (bicyclic) bond motifs is 1. The molecule has 0 amide bonds. The van der Waals surface area contributed by atoms with E-state index in [4.69, 9.17) is 10.2 Å². The lowest BCUT2D eigenvalue weighted by molar-refractivity contribution is 0.427. The van der Waals surface area contributed by atoms with Crippen molar-refractivity contribution in [3.8, 4) is 17.0 Å². The number of nitrogens with two attached hydrogens (primary N) is 1. The third-order valence-corrected chi connectivity index (χ3v) is 7.51. The maximum Gasteiger partial charge on any atom is 0.355 e. The second-order valence-corrected chi connectivity index (χ2v) is 10.0. The highest BCUT2D eigenvalue weighted by Crippen LogP contribution is 2.27. The van der Waals surface area contributed by atoms with Crippen LogP contribution in [-0.2, 0) is 16.6 Å².